The van der Waals surface area contributed by atoms with Crippen LogP contribution >= 0.6 is 0 Å². The summed E-state index contributed by atoms with van der Waals surface area (Å²) in [4.78, 5) is 0. The molecule has 0 aliphatic heterocycles. The molecule has 24 aromatic carbocycles. The van der Waals surface area contributed by atoms with Crippen LogP contribution in [0.5, 0.6) is 0 Å². The van der Waals surface area contributed by atoms with E-state index in [0.29, 0.717) is 0 Å². The van der Waals surface area contributed by atoms with Crippen LogP contribution in [0, 0.1) is 0 Å². The maximum absolute atomic E-state index is 2.50. The Morgan fingerprint density at radius 1 is 0.0735 bits per heavy atom. The highest BCUT2D eigenvalue weighted by Crippen LogP contribution is 2.64. The van der Waals surface area contributed by atoms with Gasteiger partial charge in [-0.3, -0.25) is 0 Å². The number of rotatable bonds is 14. The molecule has 4 aliphatic rings. The average molecular weight is 1720 g/mol. The molecule has 0 radical (unpaired) electrons. The summed E-state index contributed by atoms with van der Waals surface area (Å²) in [7, 11) is 0. The normalized spacial score (nSPS) is 11.8. The molecule has 0 saturated carbocycles. The fourth-order valence-corrected chi connectivity index (χ4v) is 23.6. The van der Waals surface area contributed by atoms with Crippen molar-refractivity contribution < 1.29 is 0 Å². The molecule has 0 saturated heterocycles. The molecule has 0 amide bonds. The first kappa shape index (κ1) is 78.2. The van der Waals surface area contributed by atoms with Gasteiger partial charge in [0.25, 0.3) is 0 Å². The summed E-state index contributed by atoms with van der Waals surface area (Å²) in [5, 5.41) is 10.4. The van der Waals surface area contributed by atoms with Crippen LogP contribution in [0.2, 0.25) is 0 Å². The predicted molar refractivity (Wildman–Crippen MR) is 577 cm³/mol. The molecule has 0 aromatic heterocycles. The lowest BCUT2D eigenvalue weighted by Crippen LogP contribution is -1.98. The molecule has 0 atom stereocenters. The fraction of sp³-hybridized carbons (Fsp3) is 0. The van der Waals surface area contributed by atoms with Gasteiger partial charge in [0.2, 0.25) is 0 Å². The summed E-state index contributed by atoms with van der Waals surface area (Å²) in [5.74, 6) is 0. The molecule has 0 N–H and O–H groups in total. The smallest absolute Gasteiger partial charge is 0.000763 e. The maximum Gasteiger partial charge on any atom is -0.000763 e. The van der Waals surface area contributed by atoms with Crippen LogP contribution in [0.3, 0.4) is 0 Å². The second-order valence-electron chi connectivity index (χ2n) is 36.4. The first-order valence-electron chi connectivity index (χ1n) is 47.4. The minimum atomic E-state index is 1.18. The van der Waals surface area contributed by atoms with Gasteiger partial charge in [0.15, 0.2) is 0 Å². The number of fused-ring (bicyclic) bond motifs is 12. The fourth-order valence-electron chi connectivity index (χ4n) is 23.6. The first-order chi connectivity index (χ1) is 67.6. The molecule has 4 aliphatic carbocycles. The lowest BCUT2D eigenvalue weighted by Gasteiger charge is -2.24. The van der Waals surface area contributed by atoms with Crippen molar-refractivity contribution in [2.75, 3.05) is 0 Å². The molecular formula is C136H84. The molecular weight excluding hydrogens is 1630 g/mol. The van der Waals surface area contributed by atoms with Gasteiger partial charge in [0.05, 0.1) is 0 Å². The Bertz CT molecular complexity index is 8720. The minimum absolute atomic E-state index is 1.18. The van der Waals surface area contributed by atoms with E-state index in [1.54, 1.807) is 0 Å². The van der Waals surface area contributed by atoms with E-state index in [2.05, 4.69) is 510 Å². The van der Waals surface area contributed by atoms with E-state index in [4.69, 9.17) is 0 Å². The Morgan fingerprint density at radius 3 is 0.478 bits per heavy atom. The summed E-state index contributed by atoms with van der Waals surface area (Å²) >= 11 is 0. The quantitative estimate of drug-likeness (QED) is 0.102. The highest BCUT2D eigenvalue weighted by Gasteiger charge is 2.37. The molecule has 24 aromatic rings. The lowest BCUT2D eigenvalue weighted by molar-refractivity contribution is 1.53. The van der Waals surface area contributed by atoms with Crippen LogP contribution < -0.4 is 0 Å². The van der Waals surface area contributed by atoms with Gasteiger partial charge in [-0.1, -0.05) is 479 Å². The third-order valence-corrected chi connectivity index (χ3v) is 29.1. The minimum Gasteiger partial charge on any atom is -0.0622 e. The maximum atomic E-state index is 2.50. The second-order valence-corrected chi connectivity index (χ2v) is 36.4. The van der Waals surface area contributed by atoms with Gasteiger partial charge in [-0.15, -0.1) is 0 Å². The van der Waals surface area contributed by atoms with Crippen LogP contribution in [0.4, 0.5) is 0 Å². The largest absolute Gasteiger partial charge is 0.0622 e. The number of benzene rings is 24. The molecule has 0 unspecified atom stereocenters. The van der Waals surface area contributed by atoms with E-state index >= 15 is 0 Å². The Hall–Kier alpha value is -17.7. The van der Waals surface area contributed by atoms with E-state index in [-0.39, 0.29) is 0 Å². The Balaban J connectivity index is 0.000000138. The summed E-state index contributed by atoms with van der Waals surface area (Å²) in [5.41, 5.74) is 54.9. The third kappa shape index (κ3) is 12.4. The SMILES string of the molecule is c1ccc(-c2cc(-c3cccc(-c4ccccc4-c4cc(-c5ccccc5)c5c(c4-c4ccccc4)-c4cccc6cccc-5c46)c3)c(-c3ccccc3)c3c2-c2cccc4cccc-3c24)cc1.c1ccc(-c2cc(-c3ccccc3-c3ccccc3-c3cc(-c4ccccc4)c4c(c3-c3ccccc3)-c3cccc5cccc-4c35)c(-c3ccccc3)c3c2-c2cccc4cccc-3c24)cc1. The second kappa shape index (κ2) is 32.1. The Morgan fingerprint density at radius 2 is 0.228 bits per heavy atom. The predicted octanol–water partition coefficient (Wildman–Crippen LogP) is 37.9. The van der Waals surface area contributed by atoms with E-state index in [9.17, 15) is 0 Å². The van der Waals surface area contributed by atoms with Gasteiger partial charge in [-0.2, -0.15) is 0 Å². The van der Waals surface area contributed by atoms with Crippen molar-refractivity contribution in [1.82, 2.24) is 0 Å². The van der Waals surface area contributed by atoms with Crippen LogP contribution in [0.15, 0.2) is 510 Å². The van der Waals surface area contributed by atoms with E-state index in [1.807, 2.05) is 0 Å². The van der Waals surface area contributed by atoms with Crippen molar-refractivity contribution in [2.45, 2.75) is 0 Å². The summed E-state index contributed by atoms with van der Waals surface area (Å²) in [6.45, 7) is 0. The van der Waals surface area contributed by atoms with Crippen LogP contribution in [0.1, 0.15) is 0 Å². The monoisotopic (exact) mass is 1720 g/mol. The summed E-state index contributed by atoms with van der Waals surface area (Å²) in [6.07, 6.45) is 0. The summed E-state index contributed by atoms with van der Waals surface area (Å²) in [6, 6.07) is 189. The Labute approximate surface area is 791 Å². The number of hydrogen-bond acceptors (Lipinski definition) is 0. The molecule has 0 fully saturated rings. The zero-order valence-electron chi connectivity index (χ0n) is 74.5. The molecule has 0 heteroatoms. The van der Waals surface area contributed by atoms with E-state index in [1.165, 1.54) is 288 Å². The summed E-state index contributed by atoms with van der Waals surface area (Å²) < 4.78 is 0. The van der Waals surface area contributed by atoms with Gasteiger partial charge in [0.1, 0.15) is 0 Å². The van der Waals surface area contributed by atoms with Gasteiger partial charge < -0.3 is 0 Å². The van der Waals surface area contributed by atoms with Crippen LogP contribution in [0.25, 0.3) is 288 Å². The molecule has 628 valence electrons. The van der Waals surface area contributed by atoms with Crippen molar-refractivity contribution in [3.05, 3.63) is 510 Å². The number of hydrogen-bond donors (Lipinski definition) is 0. The van der Waals surface area contributed by atoms with Crippen molar-refractivity contribution in [2.24, 2.45) is 0 Å². The zero-order chi connectivity index (χ0) is 89.4. The molecule has 0 bridgehead atoms. The molecule has 28 rings (SSSR count). The van der Waals surface area contributed by atoms with E-state index in [0.717, 1.165) is 0 Å². The van der Waals surface area contributed by atoms with Gasteiger partial charge in [0, 0.05) is 0 Å². The van der Waals surface area contributed by atoms with Crippen molar-refractivity contribution >= 4 is 43.1 Å². The van der Waals surface area contributed by atoms with Crippen LogP contribution in [-0.4, -0.2) is 0 Å². The van der Waals surface area contributed by atoms with Crippen molar-refractivity contribution in [3.8, 4) is 245 Å². The molecule has 0 heterocycles. The zero-order valence-corrected chi connectivity index (χ0v) is 74.5. The van der Waals surface area contributed by atoms with Crippen molar-refractivity contribution in [1.29, 1.82) is 0 Å². The van der Waals surface area contributed by atoms with Gasteiger partial charge in [-0.05, 0) is 318 Å². The lowest BCUT2D eigenvalue weighted by atomic mass is 9.78. The third-order valence-electron chi connectivity index (χ3n) is 29.1. The highest BCUT2D eigenvalue weighted by molar-refractivity contribution is 6.28. The molecule has 136 heavy (non-hydrogen) atoms. The van der Waals surface area contributed by atoms with E-state index < -0.39 is 0 Å². The van der Waals surface area contributed by atoms with Gasteiger partial charge in [-0.25, -0.2) is 0 Å². The Kier molecular flexibility index (Phi) is 18.5. The first-order valence-corrected chi connectivity index (χ1v) is 47.4. The van der Waals surface area contributed by atoms with Crippen LogP contribution in [-0.2, 0) is 0 Å². The standard InChI is InChI=1S/2C68H42/c1-5-21-43(22-6-1)57-41-59(63(47-25-9-3-10-26-47)67-55-39-19-31-45-29-17-37-53(61(45)55)65(57)67)51-35-15-13-33-49(51)50-34-14-16-36-52(50)60-42-58(44-23-7-2-8-24-44)66-54-38-18-30-46-32-20-40-56(62(46)54)68(66)64(60)48-27-11-4-12-28-48;1-5-20-43(21-6-1)57-41-59(63(47-24-9-3-10-25-47)67-55-38-18-30-45-28-16-36-53(61(45)55)65(57)67)50-33-15-32-49(40-50)51-34-13-14-35-52(51)60-42-58(44-22-7-2-8-23-44)66-54-37-17-29-46-31-19-39-56(62(46)54)68(66)64(60)48-26-11-4-12-27-48/h2*1-42H. The van der Waals surface area contributed by atoms with Crippen molar-refractivity contribution in [3.63, 3.8) is 0 Å². The molecule has 0 nitrogen and oxygen atoms in total. The molecule has 0 spiro atoms. The topological polar surface area (TPSA) is 0 Å². The highest BCUT2D eigenvalue weighted by atomic mass is 14.4. The average Bonchev–Trinajstić information content (AvgIpc) is 1.33. The van der Waals surface area contributed by atoms with Gasteiger partial charge >= 0.3 is 0 Å².